The summed E-state index contributed by atoms with van der Waals surface area (Å²) in [6.45, 7) is 10.7. The normalized spacial score (nSPS) is 41.9. The van der Waals surface area contributed by atoms with Crippen LogP contribution in [0.3, 0.4) is 0 Å². The molecule has 2 N–H and O–H groups in total. The van der Waals surface area contributed by atoms with E-state index in [0.717, 1.165) is 19.3 Å². The maximum Gasteiger partial charge on any atom is 0.235 e. The lowest BCUT2D eigenvalue weighted by atomic mass is 9.54. The van der Waals surface area contributed by atoms with Crippen molar-refractivity contribution in [1.29, 1.82) is 0 Å². The van der Waals surface area contributed by atoms with Gasteiger partial charge in [0.05, 0.1) is 12.2 Å². The maximum absolute atomic E-state index is 14.0. The van der Waals surface area contributed by atoms with Gasteiger partial charge < -0.3 is 15.2 Å². The van der Waals surface area contributed by atoms with Gasteiger partial charge >= 0.3 is 0 Å². The van der Waals surface area contributed by atoms with Crippen LogP contribution in [0.1, 0.15) is 66.7 Å². The van der Waals surface area contributed by atoms with Gasteiger partial charge in [0.15, 0.2) is 5.78 Å². The Kier molecular flexibility index (Phi) is 6.93. The zero-order valence-corrected chi connectivity index (χ0v) is 19.4. The molecule has 0 radical (unpaired) electrons. The number of nitrogens with one attached hydrogen (secondary N) is 1. The molecule has 3 aliphatic rings. The molecule has 7 atom stereocenters. The Labute approximate surface area is 181 Å². The first kappa shape index (κ1) is 23.2. The third kappa shape index (κ3) is 3.91. The zero-order valence-electron chi connectivity index (χ0n) is 19.4. The van der Waals surface area contributed by atoms with Crippen molar-refractivity contribution in [3.63, 3.8) is 0 Å². The molecule has 0 unspecified atom stereocenters. The Hall–Kier alpha value is -1.46. The number of aliphatic hydroxyl groups excluding tert-OH is 1. The van der Waals surface area contributed by atoms with E-state index in [1.807, 2.05) is 0 Å². The lowest BCUT2D eigenvalue weighted by Crippen LogP contribution is -2.53. The summed E-state index contributed by atoms with van der Waals surface area (Å²) in [6, 6.07) is -0.0210. The van der Waals surface area contributed by atoms with E-state index < -0.39 is 17.6 Å². The van der Waals surface area contributed by atoms with Crippen molar-refractivity contribution in [3.8, 4) is 0 Å². The van der Waals surface area contributed by atoms with Gasteiger partial charge in [0.1, 0.15) is 5.41 Å². The van der Waals surface area contributed by atoms with E-state index in [-0.39, 0.29) is 41.9 Å². The van der Waals surface area contributed by atoms with Crippen molar-refractivity contribution in [2.75, 3.05) is 7.11 Å². The number of rotatable bonds is 3. The third-order valence-corrected chi connectivity index (χ3v) is 7.72. The summed E-state index contributed by atoms with van der Waals surface area (Å²) in [4.78, 5) is 27.6. The summed E-state index contributed by atoms with van der Waals surface area (Å²) in [5.74, 6) is -0.0146. The summed E-state index contributed by atoms with van der Waals surface area (Å²) < 4.78 is 5.54. The number of aliphatic hydroxyl groups is 1. The predicted molar refractivity (Wildman–Crippen MR) is 118 cm³/mol. The van der Waals surface area contributed by atoms with E-state index in [4.69, 9.17) is 4.74 Å². The maximum atomic E-state index is 14.0. The monoisotopic (exact) mass is 417 g/mol. The van der Waals surface area contributed by atoms with E-state index in [0.29, 0.717) is 12.3 Å². The van der Waals surface area contributed by atoms with Gasteiger partial charge in [-0.25, -0.2) is 0 Å². The highest BCUT2D eigenvalue weighted by Crippen LogP contribution is 2.55. The van der Waals surface area contributed by atoms with Gasteiger partial charge in [-0.1, -0.05) is 44.1 Å². The number of amides is 1. The number of ether oxygens (including phenoxy) is 1. The second-order valence-electron chi connectivity index (χ2n) is 10.2. The molecule has 1 spiro atoms. The Morgan fingerprint density at radius 3 is 2.60 bits per heavy atom. The molecular formula is C25H39NO4. The molecule has 3 rings (SSSR count). The van der Waals surface area contributed by atoms with E-state index >= 15 is 0 Å². The molecule has 0 aromatic heterocycles. The van der Waals surface area contributed by atoms with Crippen LogP contribution in [-0.2, 0) is 14.3 Å². The van der Waals surface area contributed by atoms with Gasteiger partial charge in [-0.2, -0.15) is 0 Å². The third-order valence-electron chi connectivity index (χ3n) is 7.72. The highest BCUT2D eigenvalue weighted by molar-refractivity contribution is 6.09. The van der Waals surface area contributed by atoms with Gasteiger partial charge in [-0.05, 0) is 51.4 Å². The van der Waals surface area contributed by atoms with Crippen LogP contribution in [0.5, 0.6) is 0 Å². The minimum absolute atomic E-state index is 0.0210. The minimum atomic E-state index is -1.12. The number of methoxy groups -OCH3 is 1. The molecule has 0 aromatic rings. The number of hydrogen-bond donors (Lipinski definition) is 2. The summed E-state index contributed by atoms with van der Waals surface area (Å²) in [6.07, 6.45) is 6.21. The summed E-state index contributed by atoms with van der Waals surface area (Å²) in [7, 11) is 1.54. The summed E-state index contributed by atoms with van der Waals surface area (Å²) in [5.41, 5.74) is 1.30. The number of carbonyl (C=O) groups is 2. The van der Waals surface area contributed by atoms with Crippen LogP contribution >= 0.6 is 0 Å². The second-order valence-corrected chi connectivity index (χ2v) is 10.2. The number of allylic oxidation sites excluding steroid dienone is 4. The van der Waals surface area contributed by atoms with Crippen molar-refractivity contribution in [2.24, 2.45) is 29.1 Å². The molecule has 1 amide bonds. The standard InChI is InChI=1S/C25H39NO4/c1-14(2)10-19-23-17(5)16(4)12-18-11-15(3)8-7-9-20(27)21(30-6)13-22(28)25(18,23)24(29)26-19/h11-12,14,17-21,23,27H,7-10,13H2,1-6H3,(H,26,29)/b15-11-/t17-,18-,19-,20-,21+,23+,25+/m0/s1. The topological polar surface area (TPSA) is 75.6 Å². The number of ketones is 1. The highest BCUT2D eigenvalue weighted by atomic mass is 16.5. The smallest absolute Gasteiger partial charge is 0.235 e. The Bertz CT molecular complexity index is 739. The predicted octanol–water partition coefficient (Wildman–Crippen LogP) is 3.81. The summed E-state index contributed by atoms with van der Waals surface area (Å²) >= 11 is 0. The molecule has 30 heavy (non-hydrogen) atoms. The second kappa shape index (κ2) is 8.96. The van der Waals surface area contributed by atoms with Crippen LogP contribution in [0.4, 0.5) is 0 Å². The van der Waals surface area contributed by atoms with Crippen molar-refractivity contribution in [2.45, 2.75) is 85.0 Å². The molecule has 1 heterocycles. The van der Waals surface area contributed by atoms with Crippen LogP contribution in [0.15, 0.2) is 23.3 Å². The summed E-state index contributed by atoms with van der Waals surface area (Å²) in [5, 5.41) is 13.9. The van der Waals surface area contributed by atoms with Gasteiger partial charge in [-0.15, -0.1) is 0 Å². The average molecular weight is 418 g/mol. The lowest BCUT2D eigenvalue weighted by molar-refractivity contribution is -0.148. The molecule has 1 fully saturated rings. The van der Waals surface area contributed by atoms with Crippen molar-refractivity contribution in [1.82, 2.24) is 5.32 Å². The molecule has 0 saturated carbocycles. The minimum Gasteiger partial charge on any atom is -0.390 e. The first-order valence-electron chi connectivity index (χ1n) is 11.5. The SMILES string of the molecule is CO[C@@H]1CC(=O)[C@@]23C(=O)N[C@@H](CC(C)C)[C@H]2[C@@H](C)C(C)=C[C@@H]3/C=C(/C)CCC[C@@H]1O. The van der Waals surface area contributed by atoms with Crippen LogP contribution in [-0.4, -0.2) is 42.2 Å². The fraction of sp³-hybridized carbons (Fsp3) is 0.760. The molecule has 168 valence electrons. The lowest BCUT2D eigenvalue weighted by Gasteiger charge is -2.45. The molecule has 5 heteroatoms. The average Bonchev–Trinajstić information content (AvgIpc) is 2.94. The van der Waals surface area contributed by atoms with Gasteiger partial charge in [-0.3, -0.25) is 9.59 Å². The van der Waals surface area contributed by atoms with E-state index in [1.165, 1.54) is 11.1 Å². The molecular weight excluding hydrogens is 378 g/mol. The Balaban J connectivity index is 2.18. The fourth-order valence-electron chi connectivity index (χ4n) is 6.10. The molecule has 0 aromatic carbocycles. The van der Waals surface area contributed by atoms with E-state index in [2.05, 4.69) is 52.1 Å². The molecule has 1 saturated heterocycles. The van der Waals surface area contributed by atoms with Crippen LogP contribution in [0.2, 0.25) is 0 Å². The van der Waals surface area contributed by atoms with Gasteiger partial charge in [0.2, 0.25) is 5.91 Å². The van der Waals surface area contributed by atoms with Crippen molar-refractivity contribution < 1.29 is 19.4 Å². The molecule has 5 nitrogen and oxygen atoms in total. The van der Waals surface area contributed by atoms with Crippen LogP contribution in [0.25, 0.3) is 0 Å². The highest BCUT2D eigenvalue weighted by Gasteiger charge is 2.65. The number of carbonyl (C=O) groups excluding carboxylic acids is 2. The van der Waals surface area contributed by atoms with Gasteiger partial charge in [0.25, 0.3) is 0 Å². The van der Waals surface area contributed by atoms with Crippen LogP contribution in [0, 0.1) is 29.1 Å². The van der Waals surface area contributed by atoms with Crippen molar-refractivity contribution in [3.05, 3.63) is 23.3 Å². The van der Waals surface area contributed by atoms with Gasteiger partial charge in [0, 0.05) is 31.4 Å². The number of Topliss-reactive ketones (excluding diaryl/α,β-unsaturated/α-hetero) is 1. The largest absolute Gasteiger partial charge is 0.390 e. The molecule has 1 aliphatic heterocycles. The van der Waals surface area contributed by atoms with Crippen LogP contribution < -0.4 is 5.32 Å². The number of hydrogen-bond acceptors (Lipinski definition) is 4. The van der Waals surface area contributed by atoms with E-state index in [1.54, 1.807) is 7.11 Å². The molecule has 0 bridgehead atoms. The fourth-order valence-corrected chi connectivity index (χ4v) is 6.10. The quantitative estimate of drug-likeness (QED) is 0.541. The Morgan fingerprint density at radius 2 is 1.97 bits per heavy atom. The first-order chi connectivity index (χ1) is 14.1. The molecule has 2 aliphatic carbocycles. The first-order valence-corrected chi connectivity index (χ1v) is 11.5. The van der Waals surface area contributed by atoms with E-state index in [9.17, 15) is 14.7 Å². The zero-order chi connectivity index (χ0) is 22.2. The Morgan fingerprint density at radius 1 is 1.27 bits per heavy atom. The van der Waals surface area contributed by atoms with Crippen molar-refractivity contribution >= 4 is 11.7 Å².